The second-order valence-corrected chi connectivity index (χ2v) is 8.80. The Morgan fingerprint density at radius 2 is 1.94 bits per heavy atom. The van der Waals surface area contributed by atoms with Crippen LogP contribution >= 0.6 is 0 Å². The van der Waals surface area contributed by atoms with Crippen LogP contribution in [0.4, 0.5) is 0 Å². The first kappa shape index (κ1) is 22.9. The van der Waals surface area contributed by atoms with Crippen molar-refractivity contribution in [3.05, 3.63) is 29.8 Å². The van der Waals surface area contributed by atoms with Crippen LogP contribution in [0.2, 0.25) is 0 Å². The highest BCUT2D eigenvalue weighted by atomic mass is 16.5. The van der Waals surface area contributed by atoms with E-state index in [0.29, 0.717) is 12.1 Å². The molecule has 1 aliphatic carbocycles. The van der Waals surface area contributed by atoms with E-state index in [2.05, 4.69) is 39.5 Å². The van der Waals surface area contributed by atoms with E-state index < -0.39 is 0 Å². The molecule has 8 heteroatoms. The van der Waals surface area contributed by atoms with Crippen LogP contribution in [0.15, 0.2) is 29.3 Å². The number of amides is 1. The molecular weight excluding hydrogens is 406 g/mol. The van der Waals surface area contributed by atoms with Crippen LogP contribution in [0.25, 0.3) is 0 Å². The molecule has 4 rings (SSSR count). The number of carbonyl (C=O) groups excluding carboxylic acids is 1. The van der Waals surface area contributed by atoms with Crippen molar-refractivity contribution in [2.24, 2.45) is 4.99 Å². The van der Waals surface area contributed by atoms with Crippen molar-refractivity contribution in [2.75, 3.05) is 59.1 Å². The van der Waals surface area contributed by atoms with Gasteiger partial charge >= 0.3 is 0 Å². The highest BCUT2D eigenvalue weighted by Crippen LogP contribution is 2.19. The fourth-order valence-electron chi connectivity index (χ4n) is 4.29. The van der Waals surface area contributed by atoms with Gasteiger partial charge in [0.05, 0.1) is 13.2 Å². The lowest BCUT2D eigenvalue weighted by Gasteiger charge is -2.32. The SMILES string of the molecule is CCNC(=NCCc1ccc(OCC(=O)NC2CC2)cc1)N1CCC(N2CCOCC2)C1. The van der Waals surface area contributed by atoms with Gasteiger partial charge in [0, 0.05) is 51.4 Å². The highest BCUT2D eigenvalue weighted by Gasteiger charge is 2.30. The quantitative estimate of drug-likeness (QED) is 0.442. The minimum absolute atomic E-state index is 0.0420. The average molecular weight is 444 g/mol. The van der Waals surface area contributed by atoms with Crippen molar-refractivity contribution in [3.63, 3.8) is 0 Å². The number of nitrogens with one attached hydrogen (secondary N) is 2. The van der Waals surface area contributed by atoms with Crippen LogP contribution in [0.1, 0.15) is 31.7 Å². The summed E-state index contributed by atoms with van der Waals surface area (Å²) in [5.74, 6) is 1.70. The maximum absolute atomic E-state index is 11.7. The minimum Gasteiger partial charge on any atom is -0.484 e. The first-order valence-electron chi connectivity index (χ1n) is 12.1. The Labute approximate surface area is 191 Å². The van der Waals surface area contributed by atoms with Crippen molar-refractivity contribution in [3.8, 4) is 5.75 Å². The van der Waals surface area contributed by atoms with Gasteiger partial charge in [0.25, 0.3) is 5.91 Å². The zero-order valence-corrected chi connectivity index (χ0v) is 19.2. The fourth-order valence-corrected chi connectivity index (χ4v) is 4.29. The molecule has 2 saturated heterocycles. The fraction of sp³-hybridized carbons (Fsp3) is 0.667. The molecule has 2 aliphatic heterocycles. The summed E-state index contributed by atoms with van der Waals surface area (Å²) in [4.78, 5) is 21.6. The molecule has 176 valence electrons. The lowest BCUT2D eigenvalue weighted by molar-refractivity contribution is -0.123. The van der Waals surface area contributed by atoms with Crippen LogP contribution in [-0.4, -0.2) is 92.8 Å². The van der Waals surface area contributed by atoms with Crippen LogP contribution in [0, 0.1) is 0 Å². The molecule has 1 aromatic carbocycles. The summed E-state index contributed by atoms with van der Waals surface area (Å²) >= 11 is 0. The van der Waals surface area contributed by atoms with E-state index in [9.17, 15) is 4.79 Å². The van der Waals surface area contributed by atoms with E-state index >= 15 is 0 Å². The monoisotopic (exact) mass is 443 g/mol. The second kappa shape index (κ2) is 11.5. The van der Waals surface area contributed by atoms with Gasteiger partial charge in [-0.05, 0) is 50.3 Å². The summed E-state index contributed by atoms with van der Waals surface area (Å²) in [7, 11) is 0. The van der Waals surface area contributed by atoms with E-state index in [1.807, 2.05) is 12.1 Å². The summed E-state index contributed by atoms with van der Waals surface area (Å²) in [5.41, 5.74) is 1.21. The van der Waals surface area contributed by atoms with Crippen molar-refractivity contribution in [1.82, 2.24) is 20.4 Å². The Bertz CT molecular complexity index is 759. The molecule has 3 aliphatic rings. The van der Waals surface area contributed by atoms with Crippen molar-refractivity contribution < 1.29 is 14.3 Å². The molecule has 0 aromatic heterocycles. The lowest BCUT2D eigenvalue weighted by atomic mass is 10.1. The van der Waals surface area contributed by atoms with E-state index in [1.165, 1.54) is 12.0 Å². The molecule has 2 heterocycles. The molecule has 2 N–H and O–H groups in total. The van der Waals surface area contributed by atoms with E-state index in [1.54, 1.807) is 0 Å². The highest BCUT2D eigenvalue weighted by molar-refractivity contribution is 5.80. The predicted octanol–water partition coefficient (Wildman–Crippen LogP) is 1.26. The number of guanidine groups is 1. The van der Waals surface area contributed by atoms with Gasteiger partial charge in [0.2, 0.25) is 0 Å². The molecule has 1 amide bonds. The number of benzene rings is 1. The molecule has 0 radical (unpaired) electrons. The third kappa shape index (κ3) is 6.84. The predicted molar refractivity (Wildman–Crippen MR) is 125 cm³/mol. The van der Waals surface area contributed by atoms with E-state index in [0.717, 1.165) is 83.5 Å². The molecule has 1 aromatic rings. The third-order valence-corrected chi connectivity index (χ3v) is 6.26. The number of likely N-dealkylation sites (tertiary alicyclic amines) is 1. The Hall–Kier alpha value is -2.32. The second-order valence-electron chi connectivity index (χ2n) is 8.80. The lowest BCUT2D eigenvalue weighted by Crippen LogP contribution is -2.46. The van der Waals surface area contributed by atoms with Crippen molar-refractivity contribution >= 4 is 11.9 Å². The standard InChI is InChI=1S/C24H37N5O3/c1-2-25-24(29-12-10-21(17-29)28-13-15-31-16-14-28)26-11-9-19-3-7-22(8-4-19)32-18-23(30)27-20-5-6-20/h3-4,7-8,20-21H,2,5-6,9-18H2,1H3,(H,25,26)(H,27,30). The molecule has 1 atom stereocenters. The smallest absolute Gasteiger partial charge is 0.258 e. The number of hydrogen-bond acceptors (Lipinski definition) is 5. The summed E-state index contributed by atoms with van der Waals surface area (Å²) in [5, 5.41) is 6.40. The Morgan fingerprint density at radius 1 is 1.16 bits per heavy atom. The maximum Gasteiger partial charge on any atom is 0.258 e. The number of nitrogens with zero attached hydrogens (tertiary/aromatic N) is 3. The van der Waals surface area contributed by atoms with E-state index in [4.69, 9.17) is 14.5 Å². The molecule has 0 spiro atoms. The van der Waals surface area contributed by atoms with Crippen molar-refractivity contribution in [1.29, 1.82) is 0 Å². The number of hydrogen-bond donors (Lipinski definition) is 2. The van der Waals surface area contributed by atoms with Gasteiger partial charge in [-0.15, -0.1) is 0 Å². The minimum atomic E-state index is -0.0420. The van der Waals surface area contributed by atoms with Crippen molar-refractivity contribution in [2.45, 2.75) is 44.7 Å². The molecule has 0 bridgehead atoms. The summed E-state index contributed by atoms with van der Waals surface area (Å²) in [6, 6.07) is 8.94. The molecular formula is C24H37N5O3. The summed E-state index contributed by atoms with van der Waals surface area (Å²) < 4.78 is 11.1. The Kier molecular flexibility index (Phi) is 8.23. The molecule has 3 fully saturated rings. The van der Waals surface area contributed by atoms with Crippen LogP contribution in [0.5, 0.6) is 5.75 Å². The normalized spacial score (nSPS) is 22.1. The largest absolute Gasteiger partial charge is 0.484 e. The number of morpholine rings is 1. The molecule has 1 saturated carbocycles. The van der Waals surface area contributed by atoms with Gasteiger partial charge in [0.15, 0.2) is 12.6 Å². The van der Waals surface area contributed by atoms with Gasteiger partial charge < -0.3 is 25.0 Å². The Morgan fingerprint density at radius 3 is 2.66 bits per heavy atom. The number of ether oxygens (including phenoxy) is 2. The summed E-state index contributed by atoms with van der Waals surface area (Å²) in [6.07, 6.45) is 4.23. The first-order valence-corrected chi connectivity index (χ1v) is 12.1. The molecule has 32 heavy (non-hydrogen) atoms. The first-order chi connectivity index (χ1) is 15.7. The van der Waals surface area contributed by atoms with Gasteiger partial charge in [-0.2, -0.15) is 0 Å². The van der Waals surface area contributed by atoms with Crippen LogP contribution < -0.4 is 15.4 Å². The third-order valence-electron chi connectivity index (χ3n) is 6.26. The number of carbonyl (C=O) groups is 1. The maximum atomic E-state index is 11.7. The number of rotatable bonds is 9. The van der Waals surface area contributed by atoms with Gasteiger partial charge in [-0.1, -0.05) is 12.1 Å². The number of aliphatic imine (C=N–C) groups is 1. The Balaban J connectivity index is 1.22. The van der Waals surface area contributed by atoms with Gasteiger partial charge in [-0.25, -0.2) is 0 Å². The van der Waals surface area contributed by atoms with Crippen LogP contribution in [0.3, 0.4) is 0 Å². The molecule has 1 unspecified atom stereocenters. The topological polar surface area (TPSA) is 78.4 Å². The van der Waals surface area contributed by atoms with Gasteiger partial charge in [0.1, 0.15) is 5.75 Å². The zero-order chi connectivity index (χ0) is 22.2. The van der Waals surface area contributed by atoms with Crippen LogP contribution in [-0.2, 0) is 16.0 Å². The van der Waals surface area contributed by atoms with Gasteiger partial charge in [-0.3, -0.25) is 14.7 Å². The summed E-state index contributed by atoms with van der Waals surface area (Å²) in [6.45, 7) is 9.67. The van der Waals surface area contributed by atoms with E-state index in [-0.39, 0.29) is 12.5 Å². The zero-order valence-electron chi connectivity index (χ0n) is 19.2. The average Bonchev–Trinajstić information content (AvgIpc) is 3.50. The molecule has 8 nitrogen and oxygen atoms in total.